The van der Waals surface area contributed by atoms with E-state index < -0.39 is 0 Å². The zero-order valence-electron chi connectivity index (χ0n) is 14.6. The Labute approximate surface area is 156 Å². The van der Waals surface area contributed by atoms with Crippen molar-refractivity contribution >= 4 is 22.4 Å². The molecule has 8 nitrogen and oxygen atoms in total. The quantitative estimate of drug-likeness (QED) is 0.710. The molecule has 27 heavy (non-hydrogen) atoms. The third-order valence-electron chi connectivity index (χ3n) is 4.14. The lowest BCUT2D eigenvalue weighted by Crippen LogP contribution is -2.41. The smallest absolute Gasteiger partial charge is 0.253 e. The Hall–Kier alpha value is -3.28. The highest BCUT2D eigenvalue weighted by atomic mass is 16.5. The molecule has 1 aliphatic rings. The first kappa shape index (κ1) is 17.1. The normalized spacial score (nSPS) is 16.6. The number of aromatic nitrogens is 3. The number of pyridine rings is 1. The van der Waals surface area contributed by atoms with Crippen molar-refractivity contribution in [3.8, 4) is 11.9 Å². The third kappa shape index (κ3) is 4.11. The lowest BCUT2D eigenvalue weighted by atomic mass is 10.2. The fourth-order valence-electron chi connectivity index (χ4n) is 2.79. The van der Waals surface area contributed by atoms with Gasteiger partial charge >= 0.3 is 0 Å². The first-order chi connectivity index (χ1) is 13.3. The van der Waals surface area contributed by atoms with Crippen LogP contribution in [0.25, 0.3) is 10.8 Å². The summed E-state index contributed by atoms with van der Waals surface area (Å²) in [6, 6.07) is 11.9. The van der Waals surface area contributed by atoms with E-state index in [9.17, 15) is 5.26 Å². The van der Waals surface area contributed by atoms with Gasteiger partial charge in [-0.15, -0.1) is 0 Å². The Morgan fingerprint density at radius 3 is 2.93 bits per heavy atom. The lowest BCUT2D eigenvalue weighted by Gasteiger charge is -2.23. The number of rotatable bonds is 5. The second-order valence-electron chi connectivity index (χ2n) is 6.07. The highest BCUT2D eigenvalue weighted by molar-refractivity contribution is 5.84. The minimum Gasteiger partial charge on any atom is -0.473 e. The summed E-state index contributed by atoms with van der Waals surface area (Å²) >= 11 is 0. The zero-order valence-corrected chi connectivity index (χ0v) is 14.6. The Balaban J connectivity index is 1.51. The van der Waals surface area contributed by atoms with Crippen LogP contribution < -0.4 is 15.4 Å². The van der Waals surface area contributed by atoms with Crippen LogP contribution in [-0.2, 0) is 4.74 Å². The highest BCUT2D eigenvalue weighted by Crippen LogP contribution is 2.21. The molecule has 0 amide bonds. The molecule has 2 aromatic heterocycles. The fourth-order valence-corrected chi connectivity index (χ4v) is 2.79. The van der Waals surface area contributed by atoms with Gasteiger partial charge in [0.1, 0.15) is 24.6 Å². The van der Waals surface area contributed by atoms with Crippen molar-refractivity contribution in [3.05, 3.63) is 48.4 Å². The maximum Gasteiger partial charge on any atom is 0.253 e. The van der Waals surface area contributed by atoms with Crippen LogP contribution in [0.15, 0.2) is 42.7 Å². The third-order valence-corrected chi connectivity index (χ3v) is 4.14. The topological polar surface area (TPSA) is 105 Å². The van der Waals surface area contributed by atoms with Crippen LogP contribution in [-0.4, -0.2) is 47.4 Å². The average molecular weight is 362 g/mol. The summed E-state index contributed by atoms with van der Waals surface area (Å²) in [6.45, 7) is 2.47. The molecule has 0 radical (unpaired) electrons. The molecule has 1 aliphatic heterocycles. The van der Waals surface area contributed by atoms with Crippen LogP contribution >= 0.6 is 0 Å². The van der Waals surface area contributed by atoms with Crippen molar-refractivity contribution in [3.63, 3.8) is 0 Å². The van der Waals surface area contributed by atoms with Gasteiger partial charge in [0.2, 0.25) is 5.69 Å². The molecule has 4 rings (SSSR count). The molecule has 0 spiro atoms. The summed E-state index contributed by atoms with van der Waals surface area (Å²) in [6.07, 6.45) is 3.20. The monoisotopic (exact) mass is 362 g/mol. The largest absolute Gasteiger partial charge is 0.473 e. The van der Waals surface area contributed by atoms with E-state index in [1.165, 1.54) is 6.20 Å². The number of nitrogens with one attached hydrogen (secondary N) is 2. The van der Waals surface area contributed by atoms with E-state index in [0.717, 1.165) is 17.3 Å². The summed E-state index contributed by atoms with van der Waals surface area (Å²) in [5.41, 5.74) is 0.135. The summed E-state index contributed by atoms with van der Waals surface area (Å²) in [4.78, 5) is 12.9. The molecule has 3 heterocycles. The van der Waals surface area contributed by atoms with Crippen molar-refractivity contribution in [2.24, 2.45) is 0 Å². The Morgan fingerprint density at radius 2 is 2.11 bits per heavy atom. The summed E-state index contributed by atoms with van der Waals surface area (Å²) in [7, 11) is 0. The average Bonchev–Trinajstić information content (AvgIpc) is 2.73. The Bertz CT molecular complexity index is 981. The van der Waals surface area contributed by atoms with E-state index in [1.807, 2.05) is 36.4 Å². The molecule has 8 heteroatoms. The molecule has 0 saturated carbocycles. The van der Waals surface area contributed by atoms with Crippen molar-refractivity contribution < 1.29 is 9.47 Å². The van der Waals surface area contributed by atoms with Gasteiger partial charge in [-0.25, -0.2) is 9.97 Å². The van der Waals surface area contributed by atoms with Crippen molar-refractivity contribution in [1.82, 2.24) is 20.3 Å². The number of hydrogen-bond acceptors (Lipinski definition) is 8. The number of nitriles is 1. The van der Waals surface area contributed by atoms with Gasteiger partial charge in [-0.1, -0.05) is 24.3 Å². The summed E-state index contributed by atoms with van der Waals surface area (Å²) in [5, 5.41) is 17.7. The van der Waals surface area contributed by atoms with Crippen LogP contribution in [0.4, 0.5) is 11.6 Å². The first-order valence-electron chi connectivity index (χ1n) is 8.66. The number of fused-ring (bicyclic) bond motifs is 1. The van der Waals surface area contributed by atoms with E-state index in [2.05, 4.69) is 25.6 Å². The van der Waals surface area contributed by atoms with Gasteiger partial charge in [-0.2, -0.15) is 10.2 Å². The first-order valence-corrected chi connectivity index (χ1v) is 8.66. The molecule has 0 aliphatic carbocycles. The minimum atomic E-state index is -0.0779. The van der Waals surface area contributed by atoms with Gasteiger partial charge in [0.15, 0.2) is 5.82 Å². The number of hydrogen-bond donors (Lipinski definition) is 2. The molecule has 0 bridgehead atoms. The van der Waals surface area contributed by atoms with Gasteiger partial charge in [0, 0.05) is 24.7 Å². The standard InChI is InChI=1S/C19H18N6O2/c20-8-16-19(27-12-15-10-21-5-6-26-15)25-18(11-22-16)24-17-7-13-3-1-2-4-14(13)9-23-17/h1-4,7,9,11,15,21H,5-6,10,12H2,(H,23,24,25). The van der Waals surface area contributed by atoms with Crippen LogP contribution in [0.2, 0.25) is 0 Å². The van der Waals surface area contributed by atoms with Crippen molar-refractivity contribution in [2.75, 3.05) is 31.6 Å². The van der Waals surface area contributed by atoms with Gasteiger partial charge in [-0.3, -0.25) is 0 Å². The van der Waals surface area contributed by atoms with Crippen LogP contribution in [0.3, 0.4) is 0 Å². The molecule has 1 atom stereocenters. The van der Waals surface area contributed by atoms with E-state index in [-0.39, 0.29) is 17.7 Å². The van der Waals surface area contributed by atoms with Gasteiger partial charge < -0.3 is 20.1 Å². The number of morpholine rings is 1. The van der Waals surface area contributed by atoms with E-state index in [0.29, 0.717) is 31.4 Å². The van der Waals surface area contributed by atoms with Crippen molar-refractivity contribution in [2.45, 2.75) is 6.10 Å². The van der Waals surface area contributed by atoms with Crippen LogP contribution in [0.1, 0.15) is 5.69 Å². The molecule has 136 valence electrons. The predicted molar refractivity (Wildman–Crippen MR) is 99.9 cm³/mol. The van der Waals surface area contributed by atoms with E-state index in [1.54, 1.807) is 6.20 Å². The lowest BCUT2D eigenvalue weighted by molar-refractivity contribution is -0.000858. The Morgan fingerprint density at radius 1 is 1.22 bits per heavy atom. The molecular weight excluding hydrogens is 344 g/mol. The van der Waals surface area contributed by atoms with E-state index in [4.69, 9.17) is 9.47 Å². The number of anilines is 2. The number of ether oxygens (including phenoxy) is 2. The molecule has 1 saturated heterocycles. The molecule has 1 aromatic carbocycles. The van der Waals surface area contributed by atoms with Gasteiger partial charge in [-0.05, 0) is 11.5 Å². The Kier molecular flexibility index (Phi) is 5.05. The SMILES string of the molecule is N#Cc1ncc(Nc2cc3ccccc3cn2)nc1OCC1CNCCO1. The minimum absolute atomic E-state index is 0.0779. The van der Waals surface area contributed by atoms with Gasteiger partial charge in [0.25, 0.3) is 5.88 Å². The summed E-state index contributed by atoms with van der Waals surface area (Å²) < 4.78 is 11.3. The predicted octanol–water partition coefficient (Wildman–Crippen LogP) is 2.01. The van der Waals surface area contributed by atoms with E-state index >= 15 is 0 Å². The molecule has 3 aromatic rings. The zero-order chi connectivity index (χ0) is 18.5. The van der Waals surface area contributed by atoms with Crippen LogP contribution in [0, 0.1) is 11.3 Å². The number of benzene rings is 1. The van der Waals surface area contributed by atoms with Crippen LogP contribution in [0.5, 0.6) is 5.88 Å². The maximum absolute atomic E-state index is 9.25. The molecule has 1 unspecified atom stereocenters. The second kappa shape index (κ2) is 7.95. The second-order valence-corrected chi connectivity index (χ2v) is 6.07. The fraction of sp³-hybridized carbons (Fsp3) is 0.263. The highest BCUT2D eigenvalue weighted by Gasteiger charge is 2.16. The summed E-state index contributed by atoms with van der Waals surface area (Å²) in [5.74, 6) is 1.27. The van der Waals surface area contributed by atoms with Crippen molar-refractivity contribution in [1.29, 1.82) is 5.26 Å². The molecular formula is C19H18N6O2. The number of nitrogens with zero attached hydrogens (tertiary/aromatic N) is 4. The maximum atomic E-state index is 9.25. The molecule has 2 N–H and O–H groups in total. The van der Waals surface area contributed by atoms with Gasteiger partial charge in [0.05, 0.1) is 12.8 Å². The molecule has 1 fully saturated rings.